The molecule has 0 aliphatic carbocycles. The Bertz CT molecular complexity index is 925. The Kier molecular flexibility index (Phi) is 4.08. The van der Waals surface area contributed by atoms with Crippen molar-refractivity contribution in [3.8, 4) is 11.1 Å². The molecule has 4 rings (SSSR count). The molecule has 1 fully saturated rings. The summed E-state index contributed by atoms with van der Waals surface area (Å²) in [6.07, 6.45) is 4.80. The third kappa shape index (κ3) is 2.90. The zero-order valence-electron chi connectivity index (χ0n) is 13.9. The summed E-state index contributed by atoms with van der Waals surface area (Å²) in [7, 11) is 0. The average Bonchev–Trinajstić information content (AvgIpc) is 3.34. The number of hydrogen-bond acceptors (Lipinski definition) is 5. The fourth-order valence-electron chi connectivity index (χ4n) is 3.34. The molecule has 0 saturated carbocycles. The highest BCUT2D eigenvalue weighted by atomic mass is 19.1. The number of carbonyl (C=O) groups excluding carboxylic acids is 1. The Labute approximate surface area is 149 Å². The lowest BCUT2D eigenvalue weighted by atomic mass is 9.99. The van der Waals surface area contributed by atoms with Crippen LogP contribution in [0, 0.1) is 5.82 Å². The molecule has 0 bridgehead atoms. The second-order valence-corrected chi connectivity index (χ2v) is 6.16. The van der Waals surface area contributed by atoms with Crippen LogP contribution in [0.2, 0.25) is 0 Å². The van der Waals surface area contributed by atoms with Crippen LogP contribution >= 0.6 is 0 Å². The molecule has 3 N–H and O–H groups in total. The first kappa shape index (κ1) is 16.2. The van der Waals surface area contributed by atoms with Gasteiger partial charge in [0.1, 0.15) is 11.5 Å². The Hall–Kier alpha value is -3.29. The number of anilines is 1. The fraction of sp³-hybridized carbons (Fsp3) is 0.222. The molecule has 7 nitrogen and oxygen atoms in total. The van der Waals surface area contributed by atoms with Crippen LogP contribution in [0.25, 0.3) is 11.1 Å². The first-order valence-electron chi connectivity index (χ1n) is 8.32. The second kappa shape index (κ2) is 6.55. The molecule has 0 radical (unpaired) electrons. The Morgan fingerprint density at radius 2 is 2.08 bits per heavy atom. The van der Waals surface area contributed by atoms with Crippen molar-refractivity contribution in [2.24, 2.45) is 0 Å². The first-order valence-corrected chi connectivity index (χ1v) is 8.32. The largest absolute Gasteiger partial charge is 0.368 e. The van der Waals surface area contributed by atoms with Gasteiger partial charge in [-0.1, -0.05) is 12.1 Å². The summed E-state index contributed by atoms with van der Waals surface area (Å²) in [6, 6.07) is 7.53. The zero-order valence-corrected chi connectivity index (χ0v) is 13.9. The quantitative estimate of drug-likeness (QED) is 0.754. The topological polar surface area (TPSA) is 101 Å². The minimum absolute atomic E-state index is 0.132. The fourth-order valence-corrected chi connectivity index (χ4v) is 3.34. The van der Waals surface area contributed by atoms with Crippen LogP contribution in [0.1, 0.15) is 35.1 Å². The molecule has 26 heavy (non-hydrogen) atoms. The van der Waals surface area contributed by atoms with E-state index < -0.39 is 0 Å². The summed E-state index contributed by atoms with van der Waals surface area (Å²) < 4.78 is 13.3. The smallest absolute Gasteiger partial charge is 0.272 e. The second-order valence-electron chi connectivity index (χ2n) is 6.16. The number of carbonyl (C=O) groups is 1. The van der Waals surface area contributed by atoms with E-state index in [1.54, 1.807) is 35.5 Å². The normalized spacial score (nSPS) is 16.8. The number of aromatic amines is 1. The number of rotatable bonds is 3. The number of nitrogen functional groups attached to an aromatic ring is 1. The number of H-pyrrole nitrogens is 1. The molecule has 1 atom stereocenters. The van der Waals surface area contributed by atoms with Crippen molar-refractivity contribution < 1.29 is 9.18 Å². The van der Waals surface area contributed by atoms with Gasteiger partial charge in [0.15, 0.2) is 0 Å². The molecule has 1 aliphatic heterocycles. The predicted octanol–water partition coefficient (Wildman–Crippen LogP) is 2.57. The van der Waals surface area contributed by atoms with Gasteiger partial charge in [-0.25, -0.2) is 14.4 Å². The van der Waals surface area contributed by atoms with Crippen molar-refractivity contribution in [1.82, 2.24) is 25.1 Å². The number of likely N-dealkylation sites (tertiary alicyclic amines) is 1. The molecule has 2 aromatic heterocycles. The van der Waals surface area contributed by atoms with Gasteiger partial charge >= 0.3 is 0 Å². The van der Waals surface area contributed by atoms with E-state index in [1.807, 2.05) is 0 Å². The molecular formula is C18H17FN6O. The summed E-state index contributed by atoms with van der Waals surface area (Å²) in [5.41, 5.74) is 8.44. The van der Waals surface area contributed by atoms with E-state index in [0.717, 1.165) is 24.0 Å². The predicted molar refractivity (Wildman–Crippen MR) is 93.4 cm³/mol. The van der Waals surface area contributed by atoms with E-state index in [-0.39, 0.29) is 23.7 Å². The summed E-state index contributed by atoms with van der Waals surface area (Å²) in [5, 5.41) is 6.56. The van der Waals surface area contributed by atoms with Gasteiger partial charge in [-0.15, -0.1) is 0 Å². The van der Waals surface area contributed by atoms with Crippen molar-refractivity contribution in [1.29, 1.82) is 0 Å². The average molecular weight is 352 g/mol. The molecule has 3 aromatic rings. The summed E-state index contributed by atoms with van der Waals surface area (Å²) in [6.45, 7) is 0.620. The van der Waals surface area contributed by atoms with Gasteiger partial charge in [-0.05, 0) is 36.6 Å². The summed E-state index contributed by atoms with van der Waals surface area (Å²) in [5.74, 6) is -0.303. The number of nitrogens with one attached hydrogen (secondary N) is 1. The maximum atomic E-state index is 13.3. The maximum Gasteiger partial charge on any atom is 0.272 e. The third-order valence-corrected chi connectivity index (χ3v) is 4.55. The van der Waals surface area contributed by atoms with Crippen LogP contribution in [-0.2, 0) is 0 Å². The van der Waals surface area contributed by atoms with Crippen LogP contribution in [0.4, 0.5) is 10.3 Å². The first-order chi connectivity index (χ1) is 12.6. The summed E-state index contributed by atoms with van der Waals surface area (Å²) >= 11 is 0. The molecule has 0 spiro atoms. The van der Waals surface area contributed by atoms with Crippen LogP contribution in [-0.4, -0.2) is 37.5 Å². The molecular weight excluding hydrogens is 335 g/mol. The van der Waals surface area contributed by atoms with Crippen LogP contribution < -0.4 is 5.73 Å². The van der Waals surface area contributed by atoms with Gasteiger partial charge in [-0.3, -0.25) is 9.89 Å². The lowest BCUT2D eigenvalue weighted by molar-refractivity contribution is 0.0727. The van der Waals surface area contributed by atoms with Crippen molar-refractivity contribution in [3.63, 3.8) is 0 Å². The third-order valence-electron chi connectivity index (χ3n) is 4.55. The van der Waals surface area contributed by atoms with Crippen molar-refractivity contribution >= 4 is 11.9 Å². The minimum atomic E-state index is -0.316. The van der Waals surface area contributed by atoms with E-state index in [2.05, 4.69) is 20.2 Å². The molecule has 1 saturated heterocycles. The molecule has 8 heteroatoms. The molecule has 3 heterocycles. The van der Waals surface area contributed by atoms with Crippen LogP contribution in [0.15, 0.2) is 42.7 Å². The van der Waals surface area contributed by atoms with E-state index in [1.165, 1.54) is 12.1 Å². The number of nitrogens with two attached hydrogens (primary N) is 1. The highest BCUT2D eigenvalue weighted by Gasteiger charge is 2.34. The van der Waals surface area contributed by atoms with Gasteiger partial charge in [0.25, 0.3) is 5.91 Å². The Balaban J connectivity index is 1.75. The van der Waals surface area contributed by atoms with Gasteiger partial charge < -0.3 is 10.6 Å². The maximum absolute atomic E-state index is 13.3. The lowest BCUT2D eigenvalue weighted by Crippen LogP contribution is -2.31. The number of halogens is 1. The Morgan fingerprint density at radius 1 is 1.27 bits per heavy atom. The summed E-state index contributed by atoms with van der Waals surface area (Å²) in [4.78, 5) is 23.1. The number of aromatic nitrogens is 4. The zero-order chi connectivity index (χ0) is 18.1. The number of nitrogens with zero attached hydrogens (tertiary/aromatic N) is 4. The lowest BCUT2D eigenvalue weighted by Gasteiger charge is -2.25. The Morgan fingerprint density at radius 3 is 2.81 bits per heavy atom. The molecule has 132 valence electrons. The van der Waals surface area contributed by atoms with E-state index in [4.69, 9.17) is 5.73 Å². The van der Waals surface area contributed by atoms with Crippen molar-refractivity contribution in [3.05, 3.63) is 59.9 Å². The van der Waals surface area contributed by atoms with Gasteiger partial charge in [0.05, 0.1) is 11.7 Å². The van der Waals surface area contributed by atoms with Crippen LogP contribution in [0.3, 0.4) is 0 Å². The monoisotopic (exact) mass is 352 g/mol. The van der Waals surface area contributed by atoms with Gasteiger partial charge in [0.2, 0.25) is 5.95 Å². The van der Waals surface area contributed by atoms with Crippen LogP contribution in [0.5, 0.6) is 0 Å². The van der Waals surface area contributed by atoms with E-state index in [9.17, 15) is 9.18 Å². The number of amides is 1. The highest BCUT2D eigenvalue weighted by molar-refractivity contribution is 5.92. The van der Waals surface area contributed by atoms with E-state index >= 15 is 0 Å². The number of hydrogen-bond donors (Lipinski definition) is 2. The SMILES string of the molecule is Nc1ncc(-c2ccc(F)cc2)c([C@@H]2CCCN2C(=O)c2ccn[nH]2)n1. The molecule has 0 unspecified atom stereocenters. The van der Waals surface area contributed by atoms with Crippen molar-refractivity contribution in [2.75, 3.05) is 12.3 Å². The number of benzene rings is 1. The minimum Gasteiger partial charge on any atom is -0.368 e. The van der Waals surface area contributed by atoms with Gasteiger partial charge in [0, 0.05) is 24.5 Å². The van der Waals surface area contributed by atoms with E-state index in [0.29, 0.717) is 17.9 Å². The van der Waals surface area contributed by atoms with Gasteiger partial charge in [-0.2, -0.15) is 5.10 Å². The standard InChI is InChI=1S/C18H17FN6O/c19-12-5-3-11(4-6-12)13-10-21-18(20)23-16(13)15-2-1-9-25(15)17(26)14-7-8-22-24-14/h3-8,10,15H,1-2,9H2,(H,22,24)(H2,20,21,23)/t15-/m0/s1. The molecule has 1 aliphatic rings. The molecule has 1 amide bonds. The molecule has 1 aromatic carbocycles. The highest BCUT2D eigenvalue weighted by Crippen LogP contribution is 2.37. The van der Waals surface area contributed by atoms with Crippen molar-refractivity contribution in [2.45, 2.75) is 18.9 Å².